The summed E-state index contributed by atoms with van der Waals surface area (Å²) < 4.78 is 6.70. The average molecular weight is 1140 g/mol. The molecule has 0 spiro atoms. The summed E-state index contributed by atoms with van der Waals surface area (Å²) in [5, 5.41) is 0. The fraction of sp³-hybridized carbons (Fsp3) is 0. The lowest BCUT2D eigenvalue weighted by Crippen LogP contribution is -2.02. The average Bonchev–Trinajstić information content (AvgIpc) is 1.68. The summed E-state index contributed by atoms with van der Waals surface area (Å²) in [6.45, 7) is 0. The van der Waals surface area contributed by atoms with Crippen molar-refractivity contribution in [2.75, 3.05) is 0 Å². The van der Waals surface area contributed by atoms with Crippen molar-refractivity contribution >= 4 is 56.2 Å². The summed E-state index contributed by atoms with van der Waals surface area (Å²) in [7, 11) is 0. The van der Waals surface area contributed by atoms with Gasteiger partial charge in [-0.05, 0) is 140 Å². The van der Waals surface area contributed by atoms with Crippen molar-refractivity contribution in [2.24, 2.45) is 0 Å². The Bertz CT molecular complexity index is 4870. The molecule has 2 aliphatic rings. The number of carbonyl (C=O) groups is 2. The number of hydrogen-bond donors (Lipinski definition) is 0. The predicted octanol–water partition coefficient (Wildman–Crippen LogP) is 19.8. The van der Waals surface area contributed by atoms with Crippen molar-refractivity contribution in [1.82, 2.24) is 0 Å². The highest BCUT2D eigenvalue weighted by Crippen LogP contribution is 2.52. The zero-order valence-electron chi connectivity index (χ0n) is 48.4. The van der Waals surface area contributed by atoms with E-state index in [1.165, 1.54) is 0 Å². The number of hydrogen-bond acceptors (Lipinski definition) is 3. The molecule has 0 aromatic heterocycles. The van der Waals surface area contributed by atoms with Crippen molar-refractivity contribution in [3.05, 3.63) is 394 Å². The van der Waals surface area contributed by atoms with Gasteiger partial charge in [0.15, 0.2) is 11.6 Å². The molecule has 0 aliphatic heterocycles. The summed E-state index contributed by atoms with van der Waals surface area (Å²) in [5.74, 6) is 14.3. The Balaban J connectivity index is 0.832. The minimum atomic E-state index is -0.0550. The van der Waals surface area contributed by atoms with Gasteiger partial charge in [-0.2, -0.15) is 0 Å². The Labute approximate surface area is 519 Å². The number of ketones is 2. The molecule has 0 bridgehead atoms. The van der Waals surface area contributed by atoms with Gasteiger partial charge in [0, 0.05) is 66.8 Å². The standard InChI is InChI=1S/C86H54O3/c87-85-81(71-39-35-61(36-40-71)33-31-59-19-7-1-8-20-59)77(67-27-15-5-16-28-67)80(84(85)74-49-45-66(46-50-74)64-25-13-4-14-26-64)70-53-57-76(58-54-70)89-75-55-51-69(52-56-75)79-78(68-29-17-6-18-30-68)83(73-47-43-65(44-48-73)63-23-11-3-12-24-63)86(88)82(79)72-41-37-62(38-42-72)34-32-60-21-9-2-10-22-60/h1-30,35-58H. The first-order valence-corrected chi connectivity index (χ1v) is 29.7. The SMILES string of the molecule is O=C1C(c2ccc(-c3ccccc3)cc2)=C(c2ccccc2)C(c2ccc(Oc3ccc(C4=C(c5ccc(-c6ccccc6)cc5)C(=O)C(c5ccc(C#Cc6ccccc6)cc5)=C4c4ccccc4)cc3)cc2)=C1c1ccc(C#Cc2ccccc2)cc1. The van der Waals surface area contributed by atoms with E-state index < -0.39 is 0 Å². The molecule has 0 amide bonds. The maximum Gasteiger partial charge on any atom is 0.195 e. The van der Waals surface area contributed by atoms with Gasteiger partial charge >= 0.3 is 0 Å². The number of Topliss-reactive ketones (excluding diaryl/α,β-unsaturated/α-hetero) is 2. The molecule has 0 saturated carbocycles. The van der Waals surface area contributed by atoms with Gasteiger partial charge in [0.2, 0.25) is 0 Å². The normalized spacial score (nSPS) is 12.9. The van der Waals surface area contributed by atoms with Crippen LogP contribution in [0.4, 0.5) is 0 Å². The second-order valence-electron chi connectivity index (χ2n) is 21.8. The van der Waals surface area contributed by atoms with Gasteiger partial charge in [-0.25, -0.2) is 0 Å². The summed E-state index contributed by atoms with van der Waals surface area (Å²) in [4.78, 5) is 31.0. The number of allylic oxidation sites excluding steroid dienone is 8. The molecule has 89 heavy (non-hydrogen) atoms. The fourth-order valence-corrected chi connectivity index (χ4v) is 11.9. The Morgan fingerprint density at radius 2 is 0.348 bits per heavy atom. The van der Waals surface area contributed by atoms with Crippen molar-refractivity contribution in [3.63, 3.8) is 0 Å². The van der Waals surface area contributed by atoms with Crippen LogP contribution in [0.3, 0.4) is 0 Å². The summed E-state index contributed by atoms with van der Waals surface area (Å²) in [6, 6.07) is 109. The third kappa shape index (κ3) is 11.5. The van der Waals surface area contributed by atoms with E-state index in [9.17, 15) is 0 Å². The first-order chi connectivity index (χ1) is 44.0. The maximum absolute atomic E-state index is 15.5. The zero-order valence-corrected chi connectivity index (χ0v) is 48.4. The monoisotopic (exact) mass is 1130 g/mol. The second-order valence-corrected chi connectivity index (χ2v) is 21.8. The van der Waals surface area contributed by atoms with Crippen molar-refractivity contribution in [3.8, 4) is 57.4 Å². The van der Waals surface area contributed by atoms with Crippen LogP contribution < -0.4 is 4.74 Å². The molecule has 0 unspecified atom stereocenters. The Morgan fingerprint density at radius 3 is 0.629 bits per heavy atom. The van der Waals surface area contributed by atoms with Crippen LogP contribution in [0.1, 0.15) is 66.8 Å². The van der Waals surface area contributed by atoms with Crippen LogP contribution in [0.15, 0.2) is 328 Å². The van der Waals surface area contributed by atoms with Crippen LogP contribution >= 0.6 is 0 Å². The van der Waals surface area contributed by atoms with Crippen LogP contribution in [0.5, 0.6) is 11.5 Å². The lowest BCUT2D eigenvalue weighted by molar-refractivity contribution is -0.109. The molecule has 0 atom stereocenters. The molecule has 0 radical (unpaired) electrons. The molecule has 0 N–H and O–H groups in total. The minimum absolute atomic E-state index is 0.0547. The van der Waals surface area contributed by atoms with Crippen molar-refractivity contribution < 1.29 is 14.3 Å². The van der Waals surface area contributed by atoms with Crippen LogP contribution in [-0.2, 0) is 9.59 Å². The molecule has 3 heteroatoms. The van der Waals surface area contributed by atoms with Crippen LogP contribution in [-0.4, -0.2) is 11.6 Å². The van der Waals surface area contributed by atoms with Gasteiger partial charge in [-0.15, -0.1) is 0 Å². The quantitative estimate of drug-likeness (QED) is 0.115. The number of ether oxygens (including phenoxy) is 1. The number of rotatable bonds is 12. The van der Waals surface area contributed by atoms with Crippen LogP contribution in [0.2, 0.25) is 0 Å². The lowest BCUT2D eigenvalue weighted by atomic mass is 9.89. The zero-order chi connectivity index (χ0) is 59.9. The Kier molecular flexibility index (Phi) is 15.3. The minimum Gasteiger partial charge on any atom is -0.457 e. The largest absolute Gasteiger partial charge is 0.457 e. The third-order valence-electron chi connectivity index (χ3n) is 16.2. The summed E-state index contributed by atoms with van der Waals surface area (Å²) >= 11 is 0. The van der Waals surface area contributed by atoms with E-state index in [1.807, 2.05) is 231 Å². The molecule has 2 aliphatic carbocycles. The van der Waals surface area contributed by atoms with Gasteiger partial charge in [-0.3, -0.25) is 9.59 Å². The smallest absolute Gasteiger partial charge is 0.195 e. The fourth-order valence-electron chi connectivity index (χ4n) is 11.9. The summed E-state index contributed by atoms with van der Waals surface area (Å²) in [6.07, 6.45) is 0. The molecular formula is C86H54O3. The maximum atomic E-state index is 15.5. The van der Waals surface area contributed by atoms with Crippen molar-refractivity contribution in [1.29, 1.82) is 0 Å². The summed E-state index contributed by atoms with van der Waals surface area (Å²) in [5.41, 5.74) is 20.7. The topological polar surface area (TPSA) is 43.4 Å². The molecule has 3 nitrogen and oxygen atoms in total. The highest BCUT2D eigenvalue weighted by Gasteiger charge is 2.37. The highest BCUT2D eigenvalue weighted by atomic mass is 16.5. The van der Waals surface area contributed by atoms with E-state index in [0.29, 0.717) is 33.8 Å². The highest BCUT2D eigenvalue weighted by molar-refractivity contribution is 6.60. The van der Waals surface area contributed by atoms with Gasteiger partial charge in [-0.1, -0.05) is 278 Å². The third-order valence-corrected chi connectivity index (χ3v) is 16.2. The van der Waals surface area contributed by atoms with Crippen molar-refractivity contribution in [2.45, 2.75) is 0 Å². The van der Waals surface area contributed by atoms with Gasteiger partial charge in [0.05, 0.1) is 0 Å². The number of benzene rings is 12. The van der Waals surface area contributed by atoms with Crippen LogP contribution in [0, 0.1) is 23.7 Å². The number of carbonyl (C=O) groups excluding carboxylic acids is 2. The lowest BCUT2D eigenvalue weighted by Gasteiger charge is -2.15. The molecule has 0 saturated heterocycles. The van der Waals surface area contributed by atoms with Gasteiger partial charge < -0.3 is 4.74 Å². The molecule has 416 valence electrons. The van der Waals surface area contributed by atoms with E-state index in [1.54, 1.807) is 0 Å². The molecule has 14 rings (SSSR count). The molecule has 12 aromatic rings. The molecule has 12 aromatic carbocycles. The predicted molar refractivity (Wildman–Crippen MR) is 365 cm³/mol. The van der Waals surface area contributed by atoms with E-state index >= 15 is 9.59 Å². The second kappa shape index (κ2) is 24.8. The molecule has 0 heterocycles. The van der Waals surface area contributed by atoms with E-state index in [-0.39, 0.29) is 11.6 Å². The van der Waals surface area contributed by atoms with E-state index in [4.69, 9.17) is 4.74 Å². The Hall–Kier alpha value is -12.1. The first-order valence-electron chi connectivity index (χ1n) is 29.7. The Morgan fingerprint density at radius 1 is 0.169 bits per heavy atom. The molecular weight excluding hydrogens is 1080 g/mol. The molecule has 0 fully saturated rings. The van der Waals surface area contributed by atoms with Crippen LogP contribution in [0.25, 0.3) is 66.8 Å². The van der Waals surface area contributed by atoms with E-state index in [2.05, 4.69) is 121 Å². The van der Waals surface area contributed by atoms with Gasteiger partial charge in [0.1, 0.15) is 11.5 Å². The van der Waals surface area contributed by atoms with Gasteiger partial charge in [0.25, 0.3) is 0 Å². The first kappa shape index (κ1) is 54.8. The van der Waals surface area contributed by atoms with E-state index in [0.717, 1.165) is 111 Å².